The van der Waals surface area contributed by atoms with Gasteiger partial charge in [-0.3, -0.25) is 4.79 Å². The predicted molar refractivity (Wildman–Crippen MR) is 76.3 cm³/mol. The average Bonchev–Trinajstić information content (AvgIpc) is 2.90. The van der Waals surface area contributed by atoms with Crippen LogP contribution in [0.5, 0.6) is 0 Å². The number of carbonyl (C=O) groups excluding carboxylic acids is 1. The van der Waals surface area contributed by atoms with Gasteiger partial charge in [0.05, 0.1) is 18.3 Å². The zero-order valence-corrected chi connectivity index (χ0v) is 12.4. The van der Waals surface area contributed by atoms with E-state index in [1.807, 2.05) is 30.7 Å². The van der Waals surface area contributed by atoms with Gasteiger partial charge in [-0.2, -0.15) is 0 Å². The lowest BCUT2D eigenvalue weighted by Crippen LogP contribution is -2.34. The van der Waals surface area contributed by atoms with E-state index < -0.39 is 0 Å². The highest BCUT2D eigenvalue weighted by Crippen LogP contribution is 2.47. The number of hydrogen-bond donors (Lipinski definition) is 1. The molecular weight excluding hydrogens is 268 g/mol. The Kier molecular flexibility index (Phi) is 3.53. The Bertz CT molecular complexity index is 611. The smallest absolute Gasteiger partial charge is 0.228 e. The second-order valence-corrected chi connectivity index (χ2v) is 6.07. The van der Waals surface area contributed by atoms with Crippen molar-refractivity contribution in [1.82, 2.24) is 20.0 Å². The fraction of sp³-hybridized carbons (Fsp3) is 0.533. The van der Waals surface area contributed by atoms with Gasteiger partial charge in [0, 0.05) is 30.9 Å². The van der Waals surface area contributed by atoms with Crippen molar-refractivity contribution >= 4 is 5.91 Å². The molecule has 0 atom stereocenters. The van der Waals surface area contributed by atoms with E-state index in [0.717, 1.165) is 24.3 Å². The zero-order chi connectivity index (χ0) is 14.9. The summed E-state index contributed by atoms with van der Waals surface area (Å²) in [6.07, 6.45) is 7.22. The molecule has 3 rings (SSSR count). The molecule has 0 bridgehead atoms. The molecule has 1 fully saturated rings. The van der Waals surface area contributed by atoms with E-state index >= 15 is 0 Å². The topological polar surface area (TPSA) is 73.0 Å². The van der Waals surface area contributed by atoms with Gasteiger partial charge in [-0.15, -0.1) is 0 Å². The van der Waals surface area contributed by atoms with E-state index in [-0.39, 0.29) is 11.3 Å². The molecule has 2 heterocycles. The van der Waals surface area contributed by atoms with Crippen molar-refractivity contribution in [3.8, 4) is 0 Å². The highest BCUT2D eigenvalue weighted by molar-refractivity contribution is 5.85. The molecule has 0 unspecified atom stereocenters. The molecule has 6 nitrogen and oxygen atoms in total. The molecule has 1 N–H and O–H groups in total. The van der Waals surface area contributed by atoms with Crippen LogP contribution in [0.15, 0.2) is 29.3 Å². The first kappa shape index (κ1) is 13.9. The minimum absolute atomic E-state index is 0.0882. The van der Waals surface area contributed by atoms with Gasteiger partial charge in [0.25, 0.3) is 0 Å². The van der Waals surface area contributed by atoms with Crippen LogP contribution in [0.25, 0.3) is 0 Å². The van der Waals surface area contributed by atoms with Crippen molar-refractivity contribution in [2.24, 2.45) is 5.41 Å². The normalized spacial score (nSPS) is 16.1. The highest BCUT2D eigenvalue weighted by atomic mass is 16.5. The van der Waals surface area contributed by atoms with Crippen LogP contribution >= 0.6 is 0 Å². The molecule has 1 amide bonds. The summed E-state index contributed by atoms with van der Waals surface area (Å²) in [6, 6.07) is 1.90. The lowest BCUT2D eigenvalue weighted by atomic mass is 10.1. The van der Waals surface area contributed by atoms with Crippen LogP contribution < -0.4 is 5.32 Å². The lowest BCUT2D eigenvalue weighted by molar-refractivity contribution is -0.127. The maximum absolute atomic E-state index is 12.4. The molecule has 0 aromatic carbocycles. The number of aromatic nitrogens is 3. The highest BCUT2D eigenvalue weighted by Gasteiger charge is 2.49. The van der Waals surface area contributed by atoms with Gasteiger partial charge in [-0.25, -0.2) is 4.98 Å². The fourth-order valence-corrected chi connectivity index (χ4v) is 2.38. The van der Waals surface area contributed by atoms with Crippen LogP contribution in [0.1, 0.15) is 44.1 Å². The molecule has 2 aromatic rings. The first-order valence-corrected chi connectivity index (χ1v) is 7.29. The molecule has 0 spiro atoms. The number of nitrogens with zero attached hydrogens (tertiary/aromatic N) is 3. The SMILES string of the molecule is CC(C)c1cc(CNC(=O)C2(Cn3ccnc3)CC2)no1. The summed E-state index contributed by atoms with van der Waals surface area (Å²) < 4.78 is 7.19. The first-order valence-electron chi connectivity index (χ1n) is 7.29. The van der Waals surface area contributed by atoms with Crippen molar-refractivity contribution < 1.29 is 9.32 Å². The quantitative estimate of drug-likeness (QED) is 0.883. The average molecular weight is 288 g/mol. The summed E-state index contributed by atoms with van der Waals surface area (Å²) in [5.74, 6) is 1.24. The first-order chi connectivity index (χ1) is 10.1. The van der Waals surface area contributed by atoms with Gasteiger partial charge < -0.3 is 14.4 Å². The molecule has 112 valence electrons. The van der Waals surface area contributed by atoms with Crippen molar-refractivity contribution in [2.45, 2.75) is 45.7 Å². The molecule has 1 aliphatic carbocycles. The van der Waals surface area contributed by atoms with Crippen LogP contribution in [0.2, 0.25) is 0 Å². The van der Waals surface area contributed by atoms with E-state index in [1.54, 1.807) is 12.5 Å². The summed E-state index contributed by atoms with van der Waals surface area (Å²) in [4.78, 5) is 16.4. The number of carbonyl (C=O) groups is 1. The van der Waals surface area contributed by atoms with Crippen LogP contribution in [-0.2, 0) is 17.9 Å². The second kappa shape index (κ2) is 5.35. The molecule has 2 aromatic heterocycles. The molecular formula is C15H20N4O2. The monoisotopic (exact) mass is 288 g/mol. The fourth-order valence-electron chi connectivity index (χ4n) is 2.38. The van der Waals surface area contributed by atoms with Crippen LogP contribution in [0.3, 0.4) is 0 Å². The Hall–Kier alpha value is -2.11. The third kappa shape index (κ3) is 2.99. The van der Waals surface area contributed by atoms with Gasteiger partial charge >= 0.3 is 0 Å². The Morgan fingerprint density at radius 3 is 2.90 bits per heavy atom. The Balaban J connectivity index is 1.56. The van der Waals surface area contributed by atoms with E-state index in [4.69, 9.17) is 4.52 Å². The lowest BCUT2D eigenvalue weighted by Gasteiger charge is -2.15. The van der Waals surface area contributed by atoms with Gasteiger partial charge in [0.15, 0.2) is 0 Å². The van der Waals surface area contributed by atoms with Gasteiger partial charge in [-0.1, -0.05) is 19.0 Å². The largest absolute Gasteiger partial charge is 0.361 e. The third-order valence-electron chi connectivity index (χ3n) is 3.96. The van der Waals surface area contributed by atoms with E-state index in [0.29, 0.717) is 19.0 Å². The maximum atomic E-state index is 12.4. The molecule has 1 aliphatic rings. The summed E-state index contributed by atoms with van der Waals surface area (Å²) in [7, 11) is 0. The molecule has 1 saturated carbocycles. The summed E-state index contributed by atoms with van der Waals surface area (Å²) in [5, 5.41) is 6.95. The van der Waals surface area contributed by atoms with Crippen molar-refractivity contribution in [1.29, 1.82) is 0 Å². The Morgan fingerprint density at radius 1 is 1.52 bits per heavy atom. The number of rotatable bonds is 6. The molecule has 6 heteroatoms. The molecule has 21 heavy (non-hydrogen) atoms. The third-order valence-corrected chi connectivity index (χ3v) is 3.96. The van der Waals surface area contributed by atoms with E-state index in [9.17, 15) is 4.79 Å². The number of hydrogen-bond acceptors (Lipinski definition) is 4. The van der Waals surface area contributed by atoms with E-state index in [1.165, 1.54) is 0 Å². The Morgan fingerprint density at radius 2 is 2.33 bits per heavy atom. The van der Waals surface area contributed by atoms with Crippen LogP contribution in [-0.4, -0.2) is 20.6 Å². The molecule has 0 saturated heterocycles. The zero-order valence-electron chi connectivity index (χ0n) is 12.4. The van der Waals surface area contributed by atoms with Crippen LogP contribution in [0.4, 0.5) is 0 Å². The second-order valence-electron chi connectivity index (χ2n) is 6.07. The van der Waals surface area contributed by atoms with E-state index in [2.05, 4.69) is 15.5 Å². The van der Waals surface area contributed by atoms with Crippen molar-refractivity contribution in [3.63, 3.8) is 0 Å². The standard InChI is InChI=1S/C15H20N4O2/c1-11(2)13-7-12(18-21-13)8-17-14(20)15(3-4-15)9-19-6-5-16-10-19/h5-7,10-11H,3-4,8-9H2,1-2H3,(H,17,20). The summed E-state index contributed by atoms with van der Waals surface area (Å²) in [5.41, 5.74) is 0.496. The van der Waals surface area contributed by atoms with Crippen molar-refractivity contribution in [2.75, 3.05) is 0 Å². The molecule has 0 radical (unpaired) electrons. The minimum Gasteiger partial charge on any atom is -0.361 e. The number of nitrogens with one attached hydrogen (secondary N) is 1. The minimum atomic E-state index is -0.273. The maximum Gasteiger partial charge on any atom is 0.228 e. The number of imidazole rings is 1. The predicted octanol–water partition coefficient (Wildman–Crippen LogP) is 2.09. The summed E-state index contributed by atoms with van der Waals surface area (Å²) in [6.45, 7) is 5.20. The van der Waals surface area contributed by atoms with Gasteiger partial charge in [0.1, 0.15) is 11.5 Å². The Labute approximate surface area is 123 Å². The number of amides is 1. The van der Waals surface area contributed by atoms with Crippen LogP contribution in [0, 0.1) is 5.41 Å². The van der Waals surface area contributed by atoms with Crippen molar-refractivity contribution in [3.05, 3.63) is 36.2 Å². The summed E-state index contributed by atoms with van der Waals surface area (Å²) >= 11 is 0. The van der Waals surface area contributed by atoms with Gasteiger partial charge in [0.2, 0.25) is 5.91 Å². The van der Waals surface area contributed by atoms with Gasteiger partial charge in [-0.05, 0) is 12.8 Å². The molecule has 0 aliphatic heterocycles.